The molecule has 1 aromatic carbocycles. The van der Waals surface area contributed by atoms with Crippen LogP contribution in [0, 0.1) is 5.41 Å². The molecule has 0 unspecified atom stereocenters. The van der Waals surface area contributed by atoms with Crippen LogP contribution in [0.2, 0.25) is 5.02 Å². The predicted octanol–water partition coefficient (Wildman–Crippen LogP) is 4.62. The summed E-state index contributed by atoms with van der Waals surface area (Å²) in [5, 5.41) is 6.48. The summed E-state index contributed by atoms with van der Waals surface area (Å²) in [4.78, 5) is 11.9. The van der Waals surface area contributed by atoms with E-state index in [0.717, 1.165) is 12.8 Å². The molecule has 2 amide bonds. The van der Waals surface area contributed by atoms with Gasteiger partial charge < -0.3 is 15.4 Å². The van der Waals surface area contributed by atoms with Gasteiger partial charge in [0.25, 0.3) is 0 Å². The van der Waals surface area contributed by atoms with Gasteiger partial charge in [-0.05, 0) is 44.2 Å². The van der Waals surface area contributed by atoms with Crippen molar-refractivity contribution >= 4 is 17.6 Å². The minimum absolute atomic E-state index is 0.142. The number of halogens is 1. The average Bonchev–Trinajstić information content (AvgIpc) is 2.36. The van der Waals surface area contributed by atoms with E-state index in [9.17, 15) is 4.79 Å². The summed E-state index contributed by atoms with van der Waals surface area (Å²) >= 11 is 6.01. The Bertz CT molecular complexity index is 510. The molecule has 0 saturated carbocycles. The summed E-state index contributed by atoms with van der Waals surface area (Å²) in [5.74, 6) is 0.671. The monoisotopic (exact) mass is 340 g/mol. The lowest BCUT2D eigenvalue weighted by molar-refractivity contribution is 0.209. The zero-order chi connectivity index (χ0) is 17.5. The highest BCUT2D eigenvalue weighted by Crippen LogP contribution is 2.26. The molecule has 0 atom stereocenters. The van der Waals surface area contributed by atoms with Gasteiger partial charge in [-0.15, -0.1) is 0 Å². The van der Waals surface area contributed by atoms with E-state index in [1.807, 2.05) is 32.0 Å². The second-order valence-electron chi connectivity index (χ2n) is 7.63. The van der Waals surface area contributed by atoms with Gasteiger partial charge in [0.2, 0.25) is 0 Å². The molecule has 5 heteroatoms. The first-order chi connectivity index (χ1) is 10.6. The van der Waals surface area contributed by atoms with E-state index < -0.39 is 0 Å². The number of carbonyl (C=O) groups is 1. The van der Waals surface area contributed by atoms with E-state index in [1.54, 1.807) is 6.07 Å². The van der Waals surface area contributed by atoms with Crippen LogP contribution in [0.3, 0.4) is 0 Å². The molecule has 23 heavy (non-hydrogen) atoms. The van der Waals surface area contributed by atoms with Gasteiger partial charge in [-0.2, -0.15) is 0 Å². The number of nitrogens with one attached hydrogen (secondary N) is 2. The lowest BCUT2D eigenvalue weighted by atomic mass is 9.82. The number of rotatable bonds is 7. The van der Waals surface area contributed by atoms with Gasteiger partial charge in [-0.3, -0.25) is 0 Å². The molecule has 0 fully saturated rings. The molecule has 0 aliphatic heterocycles. The molecule has 0 radical (unpaired) electrons. The van der Waals surface area contributed by atoms with Crippen LogP contribution in [-0.4, -0.2) is 24.7 Å². The first-order valence-electron chi connectivity index (χ1n) is 8.02. The Hall–Kier alpha value is -1.42. The maximum absolute atomic E-state index is 11.9. The number of urea groups is 1. The number of ether oxygens (including phenoxy) is 1. The third-order valence-electron chi connectivity index (χ3n) is 3.13. The van der Waals surface area contributed by atoms with Crippen LogP contribution in [0.15, 0.2) is 24.3 Å². The Morgan fingerprint density at radius 2 is 1.83 bits per heavy atom. The quantitative estimate of drug-likeness (QED) is 0.711. The zero-order valence-corrected chi connectivity index (χ0v) is 15.6. The summed E-state index contributed by atoms with van der Waals surface area (Å²) < 4.78 is 5.58. The molecule has 130 valence electrons. The summed E-state index contributed by atoms with van der Waals surface area (Å²) in [6, 6.07) is 7.22. The fourth-order valence-corrected chi connectivity index (χ4v) is 2.93. The smallest absolute Gasteiger partial charge is 0.315 e. The fraction of sp³-hybridized carbons (Fsp3) is 0.611. The lowest BCUT2D eigenvalue weighted by Gasteiger charge is -2.33. The van der Waals surface area contributed by atoms with Crippen molar-refractivity contribution in [2.24, 2.45) is 5.41 Å². The van der Waals surface area contributed by atoms with Crippen LogP contribution in [-0.2, 0) is 0 Å². The second-order valence-corrected chi connectivity index (χ2v) is 8.04. The van der Waals surface area contributed by atoms with Crippen LogP contribution in [0.1, 0.15) is 47.5 Å². The summed E-state index contributed by atoms with van der Waals surface area (Å²) in [5.41, 5.74) is -0.0734. The second kappa shape index (κ2) is 8.44. The molecule has 0 heterocycles. The van der Waals surface area contributed by atoms with E-state index in [-0.39, 0.29) is 17.0 Å². The Labute approximate surface area is 144 Å². The molecule has 1 rings (SSSR count). The predicted molar refractivity (Wildman–Crippen MR) is 96.2 cm³/mol. The molecule has 1 aromatic rings. The van der Waals surface area contributed by atoms with E-state index in [2.05, 4.69) is 31.4 Å². The van der Waals surface area contributed by atoms with Crippen molar-refractivity contribution in [1.82, 2.24) is 10.6 Å². The lowest BCUT2D eigenvalue weighted by Crippen LogP contribution is -2.50. The van der Waals surface area contributed by atoms with Crippen molar-refractivity contribution in [2.45, 2.75) is 53.0 Å². The maximum Gasteiger partial charge on any atom is 0.315 e. The van der Waals surface area contributed by atoms with Gasteiger partial charge in [-0.1, -0.05) is 44.5 Å². The minimum atomic E-state index is -0.240. The third kappa shape index (κ3) is 8.70. The molecule has 2 N–H and O–H groups in total. The van der Waals surface area contributed by atoms with Crippen LogP contribution >= 0.6 is 11.6 Å². The molecule has 0 bridgehead atoms. The molecule has 0 saturated heterocycles. The van der Waals surface area contributed by atoms with Gasteiger partial charge in [0.15, 0.2) is 0 Å². The normalized spacial score (nSPS) is 11.9. The highest BCUT2D eigenvalue weighted by molar-refractivity contribution is 6.32. The van der Waals surface area contributed by atoms with Crippen LogP contribution in [0.5, 0.6) is 5.75 Å². The van der Waals surface area contributed by atoms with Crippen LogP contribution in [0.25, 0.3) is 0 Å². The van der Waals surface area contributed by atoms with Crippen molar-refractivity contribution in [3.05, 3.63) is 29.3 Å². The van der Waals surface area contributed by atoms with Crippen molar-refractivity contribution < 1.29 is 9.53 Å². The van der Waals surface area contributed by atoms with E-state index in [1.165, 1.54) is 0 Å². The van der Waals surface area contributed by atoms with Crippen molar-refractivity contribution in [3.8, 4) is 5.75 Å². The Morgan fingerprint density at radius 3 is 2.43 bits per heavy atom. The summed E-state index contributed by atoms with van der Waals surface area (Å²) in [7, 11) is 0. The number of para-hydroxylation sites is 1. The fourth-order valence-electron chi connectivity index (χ4n) is 2.74. The Morgan fingerprint density at radius 1 is 1.17 bits per heavy atom. The first kappa shape index (κ1) is 19.6. The molecular weight excluding hydrogens is 312 g/mol. The van der Waals surface area contributed by atoms with E-state index in [0.29, 0.717) is 23.9 Å². The standard InChI is InChI=1S/C18H29ClN2O2/c1-17(2,3)13-18(4,5)21-16(22)20-11-8-12-23-15-10-7-6-9-14(15)19/h6-7,9-10H,8,11-13H2,1-5H3,(H2,20,21,22). The van der Waals surface area contributed by atoms with Gasteiger partial charge in [-0.25, -0.2) is 4.79 Å². The minimum Gasteiger partial charge on any atom is -0.492 e. The summed E-state index contributed by atoms with van der Waals surface area (Å²) in [6.07, 6.45) is 1.63. The first-order valence-corrected chi connectivity index (χ1v) is 8.40. The van der Waals surface area contributed by atoms with Gasteiger partial charge in [0.1, 0.15) is 5.75 Å². The Kier molecular flexibility index (Phi) is 7.20. The molecular formula is C18H29ClN2O2. The van der Waals surface area contributed by atoms with Gasteiger partial charge >= 0.3 is 6.03 Å². The number of hydrogen-bond donors (Lipinski definition) is 2. The van der Waals surface area contributed by atoms with Crippen molar-refractivity contribution in [3.63, 3.8) is 0 Å². The molecule has 0 aromatic heterocycles. The van der Waals surface area contributed by atoms with E-state index in [4.69, 9.17) is 16.3 Å². The SMILES string of the molecule is CC(C)(C)CC(C)(C)NC(=O)NCCCOc1ccccc1Cl. The zero-order valence-electron chi connectivity index (χ0n) is 14.8. The third-order valence-corrected chi connectivity index (χ3v) is 3.44. The number of benzene rings is 1. The summed E-state index contributed by atoms with van der Waals surface area (Å²) in [6.45, 7) is 11.6. The van der Waals surface area contributed by atoms with Crippen molar-refractivity contribution in [2.75, 3.05) is 13.2 Å². The van der Waals surface area contributed by atoms with Crippen LogP contribution < -0.4 is 15.4 Å². The van der Waals surface area contributed by atoms with Crippen molar-refractivity contribution in [1.29, 1.82) is 0 Å². The molecule has 0 aliphatic carbocycles. The largest absolute Gasteiger partial charge is 0.492 e. The maximum atomic E-state index is 11.9. The van der Waals surface area contributed by atoms with Gasteiger partial charge in [0, 0.05) is 12.1 Å². The molecule has 0 spiro atoms. The topological polar surface area (TPSA) is 50.4 Å². The average molecular weight is 341 g/mol. The van der Waals surface area contributed by atoms with Gasteiger partial charge in [0.05, 0.1) is 11.6 Å². The number of carbonyl (C=O) groups excluding carboxylic acids is 1. The Balaban J connectivity index is 2.23. The van der Waals surface area contributed by atoms with E-state index >= 15 is 0 Å². The highest BCUT2D eigenvalue weighted by Gasteiger charge is 2.26. The number of amides is 2. The molecule has 0 aliphatic rings. The number of hydrogen-bond acceptors (Lipinski definition) is 2. The highest BCUT2D eigenvalue weighted by atomic mass is 35.5. The molecule has 4 nitrogen and oxygen atoms in total. The van der Waals surface area contributed by atoms with Crippen LogP contribution in [0.4, 0.5) is 4.79 Å².